The van der Waals surface area contributed by atoms with Crippen LogP contribution in [0.25, 0.3) is 0 Å². The lowest BCUT2D eigenvalue weighted by molar-refractivity contribution is -0.140. The van der Waals surface area contributed by atoms with Crippen LogP contribution in [-0.2, 0) is 14.8 Å². The zero-order valence-electron chi connectivity index (χ0n) is 12.9. The van der Waals surface area contributed by atoms with E-state index in [0.29, 0.717) is 13.0 Å². The summed E-state index contributed by atoms with van der Waals surface area (Å²) in [5.41, 5.74) is 0. The number of rotatable bonds is 3. The molecule has 21 heavy (non-hydrogen) atoms. The normalized spacial score (nSPS) is 31.9. The van der Waals surface area contributed by atoms with Crippen LogP contribution in [-0.4, -0.2) is 67.2 Å². The van der Waals surface area contributed by atoms with Crippen molar-refractivity contribution in [2.24, 2.45) is 5.92 Å². The number of nitrogens with zero attached hydrogens (tertiary/aromatic N) is 2. The van der Waals surface area contributed by atoms with Crippen molar-refractivity contribution in [3.05, 3.63) is 0 Å². The maximum Gasteiger partial charge on any atom is 0.227 e. The van der Waals surface area contributed by atoms with Gasteiger partial charge in [0.2, 0.25) is 15.9 Å². The second-order valence-electron chi connectivity index (χ2n) is 6.33. The van der Waals surface area contributed by atoms with Crippen molar-refractivity contribution < 1.29 is 18.3 Å². The molecule has 0 aromatic rings. The van der Waals surface area contributed by atoms with Crippen molar-refractivity contribution in [1.82, 2.24) is 9.21 Å². The first-order valence-electron chi connectivity index (χ1n) is 7.70. The van der Waals surface area contributed by atoms with E-state index in [1.807, 2.05) is 0 Å². The number of hydrogen-bond donors (Lipinski definition) is 1. The summed E-state index contributed by atoms with van der Waals surface area (Å²) < 4.78 is 24.7. The summed E-state index contributed by atoms with van der Waals surface area (Å²) >= 11 is 0. The summed E-state index contributed by atoms with van der Waals surface area (Å²) in [6.07, 6.45) is 5.76. The van der Waals surface area contributed by atoms with Gasteiger partial charge in [-0.3, -0.25) is 4.79 Å². The molecular weight excluding hydrogens is 292 g/mol. The van der Waals surface area contributed by atoms with E-state index in [1.165, 1.54) is 10.6 Å². The van der Waals surface area contributed by atoms with Gasteiger partial charge >= 0.3 is 0 Å². The van der Waals surface area contributed by atoms with Crippen molar-refractivity contribution in [3.63, 3.8) is 0 Å². The molecule has 1 aliphatic heterocycles. The minimum atomic E-state index is -3.24. The van der Waals surface area contributed by atoms with Gasteiger partial charge in [-0.05, 0) is 25.7 Å². The number of likely N-dealkylation sites (N-methyl/N-ethyl adjacent to an activating group) is 1. The Morgan fingerprint density at radius 1 is 1.19 bits per heavy atom. The van der Waals surface area contributed by atoms with Gasteiger partial charge in [0.25, 0.3) is 0 Å². The highest BCUT2D eigenvalue weighted by Gasteiger charge is 2.36. The Balaban J connectivity index is 2.01. The smallest absolute Gasteiger partial charge is 0.227 e. The number of amides is 1. The Hall–Kier alpha value is -0.660. The largest absolute Gasteiger partial charge is 0.391 e. The first-order valence-corrected chi connectivity index (χ1v) is 9.55. The van der Waals surface area contributed by atoms with E-state index < -0.39 is 16.1 Å². The van der Waals surface area contributed by atoms with Crippen LogP contribution in [0, 0.1) is 5.92 Å². The molecule has 0 radical (unpaired) electrons. The van der Waals surface area contributed by atoms with E-state index in [0.717, 1.165) is 32.1 Å². The average Bonchev–Trinajstić information content (AvgIpc) is 2.45. The van der Waals surface area contributed by atoms with Gasteiger partial charge < -0.3 is 10.0 Å². The van der Waals surface area contributed by atoms with E-state index in [4.69, 9.17) is 0 Å². The zero-order chi connectivity index (χ0) is 15.6. The molecule has 1 saturated carbocycles. The summed E-state index contributed by atoms with van der Waals surface area (Å²) in [4.78, 5) is 14.3. The highest BCUT2D eigenvalue weighted by atomic mass is 32.2. The standard InChI is InChI=1S/C14H26N2O4S/c1-15(12-7-3-4-8-13(12)17)14(18)11-6-5-9-16(10-11)21(2,19)20/h11-13,17H,3-10H2,1-2H3/t11-,12+,13+/m1/s1. The van der Waals surface area contributed by atoms with Crippen LogP contribution in [0.3, 0.4) is 0 Å². The number of aliphatic hydroxyl groups is 1. The Bertz CT molecular complexity index is 479. The molecule has 1 heterocycles. The van der Waals surface area contributed by atoms with E-state index in [-0.39, 0.29) is 24.4 Å². The molecule has 2 rings (SSSR count). The Morgan fingerprint density at radius 2 is 1.86 bits per heavy atom. The third-order valence-electron chi connectivity index (χ3n) is 4.74. The van der Waals surface area contributed by atoms with E-state index in [2.05, 4.69) is 0 Å². The molecule has 0 aromatic carbocycles. The highest BCUT2D eigenvalue weighted by Crippen LogP contribution is 2.26. The average molecular weight is 318 g/mol. The minimum absolute atomic E-state index is 0.0331. The van der Waals surface area contributed by atoms with Crippen LogP contribution in [0.2, 0.25) is 0 Å². The number of sulfonamides is 1. The van der Waals surface area contributed by atoms with Crippen molar-refractivity contribution in [1.29, 1.82) is 0 Å². The van der Waals surface area contributed by atoms with Gasteiger partial charge in [-0.25, -0.2) is 12.7 Å². The van der Waals surface area contributed by atoms with Crippen molar-refractivity contribution in [2.75, 3.05) is 26.4 Å². The Kier molecular flexibility index (Phi) is 5.27. The monoisotopic (exact) mass is 318 g/mol. The molecule has 7 heteroatoms. The molecule has 2 fully saturated rings. The number of piperidine rings is 1. The van der Waals surface area contributed by atoms with Gasteiger partial charge in [-0.15, -0.1) is 0 Å². The van der Waals surface area contributed by atoms with Crippen molar-refractivity contribution in [3.8, 4) is 0 Å². The van der Waals surface area contributed by atoms with Gasteiger partial charge in [-0.1, -0.05) is 12.8 Å². The molecule has 1 saturated heterocycles. The van der Waals surface area contributed by atoms with Gasteiger partial charge in [0.1, 0.15) is 0 Å². The number of aliphatic hydroxyl groups excluding tert-OH is 1. The topological polar surface area (TPSA) is 77.9 Å². The SMILES string of the molecule is CN(C(=O)[C@@H]1CCCN(S(C)(=O)=O)C1)[C@H]1CCCC[C@@H]1O. The van der Waals surface area contributed by atoms with Gasteiger partial charge in [0, 0.05) is 20.1 Å². The third kappa shape index (κ3) is 3.96. The lowest BCUT2D eigenvalue weighted by Crippen LogP contribution is -2.51. The molecule has 6 nitrogen and oxygen atoms in total. The fraction of sp³-hybridized carbons (Fsp3) is 0.929. The summed E-state index contributed by atoms with van der Waals surface area (Å²) in [7, 11) is -1.50. The maximum atomic E-state index is 12.6. The lowest BCUT2D eigenvalue weighted by atomic mass is 9.90. The zero-order valence-corrected chi connectivity index (χ0v) is 13.7. The van der Waals surface area contributed by atoms with E-state index in [1.54, 1.807) is 11.9 Å². The molecule has 0 aromatic heterocycles. The Morgan fingerprint density at radius 3 is 2.48 bits per heavy atom. The van der Waals surface area contributed by atoms with Gasteiger partial charge in [-0.2, -0.15) is 0 Å². The van der Waals surface area contributed by atoms with Crippen LogP contribution in [0.4, 0.5) is 0 Å². The molecule has 1 aliphatic carbocycles. The quantitative estimate of drug-likeness (QED) is 0.818. The van der Waals surface area contributed by atoms with Gasteiger partial charge in [0.05, 0.1) is 24.3 Å². The van der Waals surface area contributed by atoms with Crippen LogP contribution < -0.4 is 0 Å². The molecule has 0 spiro atoms. The minimum Gasteiger partial charge on any atom is -0.391 e. The van der Waals surface area contributed by atoms with E-state index in [9.17, 15) is 18.3 Å². The predicted octanol–water partition coefficient (Wildman–Crippen LogP) is 0.420. The molecule has 2 aliphatic rings. The summed E-state index contributed by atoms with van der Waals surface area (Å²) in [5.74, 6) is -0.318. The predicted molar refractivity (Wildman–Crippen MR) is 80.2 cm³/mol. The molecule has 122 valence electrons. The second-order valence-corrected chi connectivity index (χ2v) is 8.31. The van der Waals surface area contributed by atoms with Crippen molar-refractivity contribution in [2.45, 2.75) is 50.7 Å². The first-order chi connectivity index (χ1) is 9.80. The summed E-state index contributed by atoms with van der Waals surface area (Å²) in [6, 6.07) is -0.125. The molecule has 1 N–H and O–H groups in total. The third-order valence-corrected chi connectivity index (χ3v) is 6.01. The van der Waals surface area contributed by atoms with Crippen molar-refractivity contribution >= 4 is 15.9 Å². The molecule has 0 bridgehead atoms. The van der Waals surface area contributed by atoms with Crippen LogP contribution in [0.15, 0.2) is 0 Å². The molecule has 0 unspecified atom stereocenters. The molecular formula is C14H26N2O4S. The number of hydrogen-bond acceptors (Lipinski definition) is 4. The Labute approximate surface area is 127 Å². The number of carbonyl (C=O) groups is 1. The lowest BCUT2D eigenvalue weighted by Gasteiger charge is -2.39. The van der Waals surface area contributed by atoms with E-state index >= 15 is 0 Å². The number of carbonyl (C=O) groups excluding carboxylic acids is 1. The first kappa shape index (κ1) is 16.7. The maximum absolute atomic E-state index is 12.6. The molecule has 3 atom stereocenters. The van der Waals surface area contributed by atoms with Crippen LogP contribution in [0.5, 0.6) is 0 Å². The van der Waals surface area contributed by atoms with Crippen LogP contribution >= 0.6 is 0 Å². The van der Waals surface area contributed by atoms with Crippen LogP contribution in [0.1, 0.15) is 38.5 Å². The fourth-order valence-corrected chi connectivity index (χ4v) is 4.35. The summed E-state index contributed by atoms with van der Waals surface area (Å²) in [6.45, 7) is 0.767. The molecule has 1 amide bonds. The second kappa shape index (κ2) is 6.62. The summed E-state index contributed by atoms with van der Waals surface area (Å²) in [5, 5.41) is 10.1. The fourth-order valence-electron chi connectivity index (χ4n) is 3.44. The highest BCUT2D eigenvalue weighted by molar-refractivity contribution is 7.88. The van der Waals surface area contributed by atoms with Gasteiger partial charge in [0.15, 0.2) is 0 Å².